The number of hydrogen-bond donors (Lipinski definition) is 2. The highest BCUT2D eigenvalue weighted by Gasteiger charge is 2.29. The minimum absolute atomic E-state index is 0.290. The number of aryl methyl sites for hydroxylation is 1. The first kappa shape index (κ1) is 21.7. The number of nitrogens with zero attached hydrogens (tertiary/aromatic N) is 3. The molecule has 7 heteroatoms. The standard InChI is InChI=1S/C24H35N5O2/c1-18-20-9-5-6-10-21(20)31-22(18)17-27-24(25-2)26-11-12-28-13-15-29(16-14-28)23(30)19-7-3-4-8-19/h5-6,9-10,19H,3-4,7-8,11-17H2,1-2H3,(H2,25,26,27). The third-order valence-electron chi connectivity index (χ3n) is 6.69. The summed E-state index contributed by atoms with van der Waals surface area (Å²) in [5, 5.41) is 7.91. The number of rotatable bonds is 6. The molecule has 0 spiro atoms. The second kappa shape index (κ2) is 10.2. The maximum absolute atomic E-state index is 12.6. The maximum atomic E-state index is 12.6. The molecule has 0 bridgehead atoms. The van der Waals surface area contributed by atoms with Crippen LogP contribution < -0.4 is 10.6 Å². The number of benzene rings is 1. The summed E-state index contributed by atoms with van der Waals surface area (Å²) in [6.45, 7) is 8.05. The van der Waals surface area contributed by atoms with E-state index in [9.17, 15) is 4.79 Å². The number of amides is 1. The van der Waals surface area contributed by atoms with Crippen molar-refractivity contribution in [3.05, 3.63) is 35.6 Å². The first-order valence-electron chi connectivity index (χ1n) is 11.6. The molecular weight excluding hydrogens is 390 g/mol. The smallest absolute Gasteiger partial charge is 0.225 e. The first-order chi connectivity index (χ1) is 15.2. The Labute approximate surface area is 184 Å². The fourth-order valence-corrected chi connectivity index (χ4v) is 4.73. The van der Waals surface area contributed by atoms with Crippen molar-refractivity contribution in [3.63, 3.8) is 0 Å². The second-order valence-corrected chi connectivity index (χ2v) is 8.65. The van der Waals surface area contributed by atoms with Gasteiger partial charge in [-0.15, -0.1) is 0 Å². The van der Waals surface area contributed by atoms with Crippen LogP contribution in [-0.4, -0.2) is 68.0 Å². The van der Waals surface area contributed by atoms with Crippen LogP contribution in [0.4, 0.5) is 0 Å². The molecule has 1 amide bonds. The molecule has 7 nitrogen and oxygen atoms in total. The average Bonchev–Trinajstić information content (AvgIpc) is 3.45. The number of nitrogens with one attached hydrogen (secondary N) is 2. The first-order valence-corrected chi connectivity index (χ1v) is 11.6. The number of para-hydroxylation sites is 1. The van der Waals surface area contributed by atoms with E-state index in [1.54, 1.807) is 7.05 Å². The Morgan fingerprint density at radius 3 is 2.58 bits per heavy atom. The highest BCUT2D eigenvalue weighted by atomic mass is 16.3. The van der Waals surface area contributed by atoms with Crippen LogP contribution in [0.3, 0.4) is 0 Å². The molecule has 1 aliphatic heterocycles. The summed E-state index contributed by atoms with van der Waals surface area (Å²) in [5.74, 6) is 2.39. The summed E-state index contributed by atoms with van der Waals surface area (Å²) < 4.78 is 5.97. The lowest BCUT2D eigenvalue weighted by Crippen LogP contribution is -2.51. The van der Waals surface area contributed by atoms with Gasteiger partial charge in [-0.3, -0.25) is 14.7 Å². The van der Waals surface area contributed by atoms with E-state index in [4.69, 9.17) is 4.42 Å². The van der Waals surface area contributed by atoms with Gasteiger partial charge in [0.15, 0.2) is 5.96 Å². The molecule has 0 radical (unpaired) electrons. The van der Waals surface area contributed by atoms with Gasteiger partial charge in [0.2, 0.25) is 5.91 Å². The largest absolute Gasteiger partial charge is 0.459 e. The minimum atomic E-state index is 0.290. The Bertz CT molecular complexity index is 908. The molecule has 4 rings (SSSR count). The third kappa shape index (κ3) is 5.21. The van der Waals surface area contributed by atoms with Gasteiger partial charge in [0.1, 0.15) is 11.3 Å². The van der Waals surface area contributed by atoms with Crippen molar-refractivity contribution < 1.29 is 9.21 Å². The molecule has 2 fully saturated rings. The second-order valence-electron chi connectivity index (χ2n) is 8.65. The van der Waals surface area contributed by atoms with Crippen LogP contribution in [0.2, 0.25) is 0 Å². The van der Waals surface area contributed by atoms with Crippen LogP contribution in [0.1, 0.15) is 37.0 Å². The van der Waals surface area contributed by atoms with Crippen molar-refractivity contribution in [2.45, 2.75) is 39.2 Å². The molecule has 0 unspecified atom stereocenters. The van der Waals surface area contributed by atoms with Gasteiger partial charge in [-0.1, -0.05) is 31.0 Å². The Balaban J connectivity index is 1.17. The highest BCUT2D eigenvalue weighted by molar-refractivity contribution is 5.83. The van der Waals surface area contributed by atoms with Crippen LogP contribution in [0, 0.1) is 12.8 Å². The number of hydrogen-bond acceptors (Lipinski definition) is 4. The van der Waals surface area contributed by atoms with Gasteiger partial charge in [0.05, 0.1) is 6.54 Å². The molecule has 1 saturated heterocycles. The molecule has 2 N–H and O–H groups in total. The predicted octanol–water partition coefficient (Wildman–Crippen LogP) is 2.74. The SMILES string of the molecule is CN=C(NCCN1CCN(C(=O)C2CCCC2)CC1)NCc1oc2ccccc2c1C. The summed E-state index contributed by atoms with van der Waals surface area (Å²) in [7, 11) is 1.79. The summed E-state index contributed by atoms with van der Waals surface area (Å²) in [6, 6.07) is 8.12. The van der Waals surface area contributed by atoms with E-state index >= 15 is 0 Å². The van der Waals surface area contributed by atoms with Crippen molar-refractivity contribution >= 4 is 22.8 Å². The van der Waals surface area contributed by atoms with E-state index in [1.807, 2.05) is 18.2 Å². The molecule has 0 atom stereocenters. The molecule has 1 aromatic carbocycles. The van der Waals surface area contributed by atoms with Crippen LogP contribution >= 0.6 is 0 Å². The third-order valence-corrected chi connectivity index (χ3v) is 6.69. The van der Waals surface area contributed by atoms with Gasteiger partial charge in [-0.05, 0) is 25.8 Å². The molecule has 1 aromatic heterocycles. The van der Waals surface area contributed by atoms with Crippen molar-refractivity contribution in [1.29, 1.82) is 0 Å². The Hall–Kier alpha value is -2.54. The number of guanidine groups is 1. The molecule has 2 aliphatic rings. The van der Waals surface area contributed by atoms with E-state index in [2.05, 4.69) is 38.4 Å². The molecule has 2 aromatic rings. The van der Waals surface area contributed by atoms with E-state index < -0.39 is 0 Å². The van der Waals surface area contributed by atoms with E-state index in [0.29, 0.717) is 12.5 Å². The van der Waals surface area contributed by atoms with Crippen molar-refractivity contribution in [2.24, 2.45) is 10.9 Å². The van der Waals surface area contributed by atoms with Crippen LogP contribution in [0.25, 0.3) is 11.0 Å². The van der Waals surface area contributed by atoms with Gasteiger partial charge < -0.3 is 20.0 Å². The number of furan rings is 1. The van der Waals surface area contributed by atoms with Crippen molar-refractivity contribution in [3.8, 4) is 0 Å². The lowest BCUT2D eigenvalue weighted by atomic mass is 10.1. The van der Waals surface area contributed by atoms with Crippen LogP contribution in [0.5, 0.6) is 0 Å². The number of carbonyl (C=O) groups is 1. The van der Waals surface area contributed by atoms with Gasteiger partial charge in [-0.25, -0.2) is 0 Å². The average molecular weight is 426 g/mol. The number of aliphatic imine (C=N–C) groups is 1. The minimum Gasteiger partial charge on any atom is -0.459 e. The zero-order chi connectivity index (χ0) is 21.6. The fourth-order valence-electron chi connectivity index (χ4n) is 4.73. The topological polar surface area (TPSA) is 73.1 Å². The highest BCUT2D eigenvalue weighted by Crippen LogP contribution is 2.27. The Morgan fingerprint density at radius 2 is 1.87 bits per heavy atom. The summed E-state index contributed by atoms with van der Waals surface area (Å²) in [6.07, 6.45) is 4.60. The number of fused-ring (bicyclic) bond motifs is 1. The fraction of sp³-hybridized carbons (Fsp3) is 0.583. The van der Waals surface area contributed by atoms with Crippen LogP contribution in [0.15, 0.2) is 33.7 Å². The van der Waals surface area contributed by atoms with Crippen molar-refractivity contribution in [1.82, 2.24) is 20.4 Å². The lowest BCUT2D eigenvalue weighted by Gasteiger charge is -2.36. The summed E-state index contributed by atoms with van der Waals surface area (Å²) >= 11 is 0. The predicted molar refractivity (Wildman–Crippen MR) is 124 cm³/mol. The zero-order valence-corrected chi connectivity index (χ0v) is 18.8. The molecule has 168 valence electrons. The molecule has 1 saturated carbocycles. The molecule has 1 aliphatic carbocycles. The quantitative estimate of drug-likeness (QED) is 0.550. The Kier molecular flexibility index (Phi) is 7.12. The number of piperazine rings is 1. The maximum Gasteiger partial charge on any atom is 0.225 e. The van der Waals surface area contributed by atoms with Gasteiger partial charge in [-0.2, -0.15) is 0 Å². The zero-order valence-electron chi connectivity index (χ0n) is 18.8. The molecule has 31 heavy (non-hydrogen) atoms. The van der Waals surface area contributed by atoms with Crippen LogP contribution in [-0.2, 0) is 11.3 Å². The van der Waals surface area contributed by atoms with Gasteiger partial charge in [0, 0.05) is 63.2 Å². The lowest BCUT2D eigenvalue weighted by molar-refractivity contribution is -0.137. The Morgan fingerprint density at radius 1 is 1.13 bits per heavy atom. The molecular formula is C24H35N5O2. The van der Waals surface area contributed by atoms with E-state index in [0.717, 1.165) is 74.8 Å². The van der Waals surface area contributed by atoms with E-state index in [-0.39, 0.29) is 5.92 Å². The van der Waals surface area contributed by atoms with Gasteiger partial charge in [0.25, 0.3) is 0 Å². The van der Waals surface area contributed by atoms with Crippen molar-refractivity contribution in [2.75, 3.05) is 46.3 Å². The monoisotopic (exact) mass is 425 g/mol. The van der Waals surface area contributed by atoms with Gasteiger partial charge >= 0.3 is 0 Å². The normalized spacial score (nSPS) is 18.6. The van der Waals surface area contributed by atoms with E-state index in [1.165, 1.54) is 18.4 Å². The summed E-state index contributed by atoms with van der Waals surface area (Å²) in [5.41, 5.74) is 2.09. The summed E-state index contributed by atoms with van der Waals surface area (Å²) in [4.78, 5) is 21.4. The molecule has 2 heterocycles. The number of carbonyl (C=O) groups excluding carboxylic acids is 1.